The van der Waals surface area contributed by atoms with E-state index in [1.807, 2.05) is 30.3 Å². The normalized spacial score (nSPS) is 11.9. The van der Waals surface area contributed by atoms with Gasteiger partial charge in [-0.15, -0.1) is 0 Å². The van der Waals surface area contributed by atoms with E-state index in [-0.39, 0.29) is 5.70 Å². The Morgan fingerprint density at radius 3 is 2.80 bits per heavy atom. The number of para-hydroxylation sites is 1. The molecule has 1 heterocycles. The maximum Gasteiger partial charge on any atom is 0.351 e. The molecular weight excluding hydrogens is 192 g/mol. The number of carbonyl (C=O) groups is 1. The average Bonchev–Trinajstić information content (AvgIpc) is 2.59. The van der Waals surface area contributed by atoms with Crippen LogP contribution in [0.5, 0.6) is 0 Å². The Kier molecular flexibility index (Phi) is 2.17. The number of fused-ring (bicyclic) bond motifs is 1. The molecule has 0 atom stereocenters. The third kappa shape index (κ3) is 1.83. The number of nitrogens with one attached hydrogen (secondary N) is 1. The Morgan fingerprint density at radius 1 is 1.40 bits per heavy atom. The first-order valence-electron chi connectivity index (χ1n) is 4.45. The quantitative estimate of drug-likeness (QED) is 0.646. The van der Waals surface area contributed by atoms with Gasteiger partial charge in [-0.1, -0.05) is 18.2 Å². The highest BCUT2D eigenvalue weighted by molar-refractivity contribution is 5.92. The molecule has 4 nitrogen and oxygen atoms in total. The van der Waals surface area contributed by atoms with Crippen LogP contribution >= 0.6 is 0 Å². The van der Waals surface area contributed by atoms with E-state index in [9.17, 15) is 4.79 Å². The highest BCUT2D eigenvalue weighted by Crippen LogP contribution is 2.15. The summed E-state index contributed by atoms with van der Waals surface area (Å²) in [7, 11) is 0. The van der Waals surface area contributed by atoms with Gasteiger partial charge in [-0.05, 0) is 23.6 Å². The molecule has 0 saturated carbocycles. The summed E-state index contributed by atoms with van der Waals surface area (Å²) in [6.07, 6.45) is 1.41. The van der Waals surface area contributed by atoms with Crippen LogP contribution < -0.4 is 5.73 Å². The number of carboxylic acids is 1. The highest BCUT2D eigenvalue weighted by atomic mass is 16.4. The van der Waals surface area contributed by atoms with E-state index in [1.165, 1.54) is 6.08 Å². The molecule has 0 aliphatic carbocycles. The number of aromatic nitrogens is 1. The summed E-state index contributed by atoms with van der Waals surface area (Å²) >= 11 is 0. The van der Waals surface area contributed by atoms with E-state index in [1.54, 1.807) is 0 Å². The van der Waals surface area contributed by atoms with Gasteiger partial charge < -0.3 is 15.8 Å². The van der Waals surface area contributed by atoms with E-state index in [0.29, 0.717) is 5.69 Å². The number of nitrogens with two attached hydrogens (primary N) is 1. The van der Waals surface area contributed by atoms with E-state index < -0.39 is 5.97 Å². The number of aliphatic carboxylic acids is 1. The van der Waals surface area contributed by atoms with Crippen LogP contribution in [0.4, 0.5) is 0 Å². The summed E-state index contributed by atoms with van der Waals surface area (Å²) in [4.78, 5) is 13.6. The van der Waals surface area contributed by atoms with Gasteiger partial charge in [-0.25, -0.2) is 4.79 Å². The first kappa shape index (κ1) is 9.33. The van der Waals surface area contributed by atoms with Gasteiger partial charge in [0.1, 0.15) is 5.70 Å². The molecule has 0 spiro atoms. The molecule has 0 unspecified atom stereocenters. The number of hydrogen-bond donors (Lipinski definition) is 3. The number of hydrogen-bond acceptors (Lipinski definition) is 2. The number of carboxylic acid groups (broad SMARTS) is 1. The minimum atomic E-state index is -1.12. The highest BCUT2D eigenvalue weighted by Gasteiger charge is 2.02. The van der Waals surface area contributed by atoms with Gasteiger partial charge in [-0.3, -0.25) is 0 Å². The summed E-state index contributed by atoms with van der Waals surface area (Å²) in [6.45, 7) is 0. The Labute approximate surface area is 86.0 Å². The molecular formula is C11H10N2O2. The van der Waals surface area contributed by atoms with Crippen LogP contribution in [0.25, 0.3) is 17.0 Å². The van der Waals surface area contributed by atoms with Gasteiger partial charge >= 0.3 is 5.97 Å². The summed E-state index contributed by atoms with van der Waals surface area (Å²) < 4.78 is 0. The first-order valence-corrected chi connectivity index (χ1v) is 4.45. The van der Waals surface area contributed by atoms with Crippen LogP contribution in [0, 0.1) is 0 Å². The maximum absolute atomic E-state index is 10.5. The predicted octanol–water partition coefficient (Wildman–Crippen LogP) is 1.55. The monoisotopic (exact) mass is 202 g/mol. The van der Waals surface area contributed by atoms with Gasteiger partial charge in [0.2, 0.25) is 0 Å². The van der Waals surface area contributed by atoms with E-state index in [0.717, 1.165) is 10.9 Å². The molecule has 2 aromatic rings. The zero-order valence-electron chi connectivity index (χ0n) is 7.90. The summed E-state index contributed by atoms with van der Waals surface area (Å²) in [5, 5.41) is 9.64. The van der Waals surface area contributed by atoms with Crippen LogP contribution in [0.15, 0.2) is 36.0 Å². The molecule has 4 heteroatoms. The van der Waals surface area contributed by atoms with Crippen LogP contribution in [-0.2, 0) is 4.79 Å². The molecule has 0 amide bonds. The van der Waals surface area contributed by atoms with Crippen molar-refractivity contribution in [1.82, 2.24) is 4.98 Å². The summed E-state index contributed by atoms with van der Waals surface area (Å²) in [5.74, 6) is -1.12. The third-order valence-electron chi connectivity index (χ3n) is 2.11. The largest absolute Gasteiger partial charge is 0.477 e. The molecule has 4 N–H and O–H groups in total. The standard InChI is InChI=1S/C11H10N2O2/c12-9(11(14)15)6-8-5-7-3-1-2-4-10(7)13-8/h1-6,13H,12H2,(H,14,15). The lowest BCUT2D eigenvalue weighted by atomic mass is 10.2. The second-order valence-electron chi connectivity index (χ2n) is 3.22. The van der Waals surface area contributed by atoms with E-state index in [2.05, 4.69) is 4.98 Å². The van der Waals surface area contributed by atoms with E-state index >= 15 is 0 Å². The molecule has 0 saturated heterocycles. The molecule has 0 aliphatic heterocycles. The van der Waals surface area contributed by atoms with Gasteiger partial charge in [-0.2, -0.15) is 0 Å². The van der Waals surface area contributed by atoms with Crippen molar-refractivity contribution in [3.63, 3.8) is 0 Å². The fraction of sp³-hybridized carbons (Fsp3) is 0. The molecule has 0 fully saturated rings. The maximum atomic E-state index is 10.5. The lowest BCUT2D eigenvalue weighted by Crippen LogP contribution is -2.09. The van der Waals surface area contributed by atoms with Crippen molar-refractivity contribution < 1.29 is 9.90 Å². The zero-order chi connectivity index (χ0) is 10.8. The lowest BCUT2D eigenvalue weighted by molar-refractivity contribution is -0.132. The Balaban J connectivity index is 2.46. The number of benzene rings is 1. The predicted molar refractivity (Wildman–Crippen MR) is 58.1 cm³/mol. The van der Waals surface area contributed by atoms with Crippen molar-refractivity contribution in [1.29, 1.82) is 0 Å². The van der Waals surface area contributed by atoms with Gasteiger partial charge in [0.15, 0.2) is 0 Å². The van der Waals surface area contributed by atoms with Crippen LogP contribution in [0.2, 0.25) is 0 Å². The molecule has 15 heavy (non-hydrogen) atoms. The fourth-order valence-electron chi connectivity index (χ4n) is 1.40. The fourth-order valence-corrected chi connectivity index (χ4v) is 1.40. The van der Waals surface area contributed by atoms with Crippen molar-refractivity contribution in [2.24, 2.45) is 5.73 Å². The molecule has 1 aromatic heterocycles. The van der Waals surface area contributed by atoms with Crippen LogP contribution in [0.3, 0.4) is 0 Å². The third-order valence-corrected chi connectivity index (χ3v) is 2.11. The lowest BCUT2D eigenvalue weighted by Gasteiger charge is -1.90. The number of aromatic amines is 1. The molecule has 76 valence electrons. The Bertz CT molecular complexity index is 507. The molecule has 1 aromatic carbocycles. The molecule has 0 radical (unpaired) electrons. The summed E-state index contributed by atoms with van der Waals surface area (Å²) in [5.41, 5.74) is 6.78. The molecule has 0 aliphatic rings. The first-order chi connectivity index (χ1) is 7.16. The average molecular weight is 202 g/mol. The van der Waals surface area contributed by atoms with E-state index in [4.69, 9.17) is 10.8 Å². The SMILES string of the molecule is NC(=Cc1cc2ccccc2[nH]1)C(=O)O. The minimum absolute atomic E-state index is 0.179. The Hall–Kier alpha value is -2.23. The van der Waals surface area contributed by atoms with Gasteiger partial charge in [0.05, 0.1) is 0 Å². The summed E-state index contributed by atoms with van der Waals surface area (Å²) in [6, 6.07) is 9.55. The second-order valence-corrected chi connectivity index (χ2v) is 3.22. The Morgan fingerprint density at radius 2 is 2.13 bits per heavy atom. The minimum Gasteiger partial charge on any atom is -0.477 e. The van der Waals surface area contributed by atoms with Crippen molar-refractivity contribution in [3.8, 4) is 0 Å². The van der Waals surface area contributed by atoms with Crippen LogP contribution in [0.1, 0.15) is 5.69 Å². The van der Waals surface area contributed by atoms with Crippen molar-refractivity contribution in [2.75, 3.05) is 0 Å². The van der Waals surface area contributed by atoms with Crippen molar-refractivity contribution >= 4 is 22.9 Å². The molecule has 0 bridgehead atoms. The number of H-pyrrole nitrogens is 1. The van der Waals surface area contributed by atoms with Gasteiger partial charge in [0.25, 0.3) is 0 Å². The van der Waals surface area contributed by atoms with Crippen molar-refractivity contribution in [3.05, 3.63) is 41.7 Å². The smallest absolute Gasteiger partial charge is 0.351 e. The molecule has 2 rings (SSSR count). The van der Waals surface area contributed by atoms with Gasteiger partial charge in [0, 0.05) is 11.2 Å². The van der Waals surface area contributed by atoms with Crippen LogP contribution in [-0.4, -0.2) is 16.1 Å². The topological polar surface area (TPSA) is 79.1 Å². The number of rotatable bonds is 2. The second kappa shape index (κ2) is 3.49. The van der Waals surface area contributed by atoms with Crippen molar-refractivity contribution in [2.45, 2.75) is 0 Å². The zero-order valence-corrected chi connectivity index (χ0v) is 7.90.